The number of thiophene rings is 1. The number of anilines is 2. The summed E-state index contributed by atoms with van der Waals surface area (Å²) >= 11 is 7.28. The summed E-state index contributed by atoms with van der Waals surface area (Å²) in [6.07, 6.45) is 1.08. The summed E-state index contributed by atoms with van der Waals surface area (Å²) in [7, 11) is -3.33. The lowest BCUT2D eigenvalue weighted by atomic mass is 10.2. The van der Waals surface area contributed by atoms with Gasteiger partial charge in [0.25, 0.3) is 5.91 Å². The first kappa shape index (κ1) is 18.4. The Hall–Kier alpha value is -2.35. The molecule has 0 unspecified atom stereocenters. The van der Waals surface area contributed by atoms with Crippen LogP contribution in [0.4, 0.5) is 11.4 Å². The second-order valence-corrected chi connectivity index (χ2v) is 8.85. The van der Waals surface area contributed by atoms with Crippen molar-refractivity contribution in [1.29, 1.82) is 0 Å². The number of hydrogen-bond acceptors (Lipinski definition) is 4. The predicted molar refractivity (Wildman–Crippen MR) is 108 cm³/mol. The summed E-state index contributed by atoms with van der Waals surface area (Å²) in [5.74, 6) is -0.223. The van der Waals surface area contributed by atoms with Gasteiger partial charge >= 0.3 is 0 Å². The Morgan fingerprint density at radius 1 is 0.923 bits per heavy atom. The quantitative estimate of drug-likeness (QED) is 0.645. The molecule has 1 amide bonds. The van der Waals surface area contributed by atoms with Crippen molar-refractivity contribution in [1.82, 2.24) is 0 Å². The number of carbonyl (C=O) groups is 1. The van der Waals surface area contributed by atoms with Gasteiger partial charge in [0.1, 0.15) is 0 Å². The number of benzene rings is 2. The highest BCUT2D eigenvalue weighted by atomic mass is 35.5. The molecule has 2 N–H and O–H groups in total. The van der Waals surface area contributed by atoms with Gasteiger partial charge in [0.2, 0.25) is 10.0 Å². The van der Waals surface area contributed by atoms with Crippen LogP contribution in [0.1, 0.15) is 9.67 Å². The third kappa shape index (κ3) is 4.85. The van der Waals surface area contributed by atoms with E-state index in [4.69, 9.17) is 11.6 Å². The monoisotopic (exact) mass is 406 g/mol. The van der Waals surface area contributed by atoms with Gasteiger partial charge in [-0.15, -0.1) is 11.3 Å². The highest BCUT2D eigenvalue weighted by Gasteiger charge is 2.11. The lowest BCUT2D eigenvalue weighted by Gasteiger charge is -2.06. The molecule has 0 saturated carbocycles. The summed E-state index contributed by atoms with van der Waals surface area (Å²) in [6.45, 7) is 0. The fourth-order valence-corrected chi connectivity index (χ4v) is 3.85. The second kappa shape index (κ2) is 7.49. The van der Waals surface area contributed by atoms with Crippen LogP contribution in [0.15, 0.2) is 60.7 Å². The molecule has 0 aliphatic heterocycles. The number of carbonyl (C=O) groups excluding carboxylic acids is 1. The third-order valence-electron chi connectivity index (χ3n) is 3.40. The molecule has 0 radical (unpaired) electrons. The normalized spacial score (nSPS) is 11.2. The Labute approximate surface area is 160 Å². The number of hydrogen-bond donors (Lipinski definition) is 2. The number of halogens is 1. The van der Waals surface area contributed by atoms with Crippen LogP contribution in [0.25, 0.3) is 10.4 Å². The first-order valence-electron chi connectivity index (χ1n) is 7.55. The first-order chi connectivity index (χ1) is 12.3. The minimum absolute atomic E-state index is 0.223. The molecule has 1 heterocycles. The molecule has 26 heavy (non-hydrogen) atoms. The molecule has 0 spiro atoms. The van der Waals surface area contributed by atoms with Gasteiger partial charge < -0.3 is 5.32 Å². The molecule has 0 aliphatic rings. The summed E-state index contributed by atoms with van der Waals surface area (Å²) in [5.41, 5.74) is 2.01. The maximum absolute atomic E-state index is 12.4. The van der Waals surface area contributed by atoms with Gasteiger partial charge in [-0.2, -0.15) is 0 Å². The van der Waals surface area contributed by atoms with Gasteiger partial charge in [-0.3, -0.25) is 9.52 Å². The molecule has 134 valence electrons. The Morgan fingerprint density at radius 2 is 1.54 bits per heavy atom. The van der Waals surface area contributed by atoms with E-state index in [0.717, 1.165) is 16.7 Å². The van der Waals surface area contributed by atoms with Crippen LogP contribution in [0.2, 0.25) is 5.02 Å². The number of nitrogens with one attached hydrogen (secondary N) is 2. The molecule has 0 bridgehead atoms. The average molecular weight is 407 g/mol. The lowest BCUT2D eigenvalue weighted by molar-refractivity contribution is 0.103. The summed E-state index contributed by atoms with van der Waals surface area (Å²) in [4.78, 5) is 13.9. The molecule has 2 aromatic carbocycles. The topological polar surface area (TPSA) is 75.3 Å². The predicted octanol–water partition coefficient (Wildman–Crippen LogP) is 4.69. The van der Waals surface area contributed by atoms with Crippen molar-refractivity contribution in [3.8, 4) is 10.4 Å². The number of sulfonamides is 1. The van der Waals surface area contributed by atoms with Gasteiger partial charge in [-0.05, 0) is 54.1 Å². The molecular formula is C18H15ClN2O3S2. The van der Waals surface area contributed by atoms with Crippen LogP contribution >= 0.6 is 22.9 Å². The lowest BCUT2D eigenvalue weighted by Crippen LogP contribution is -2.11. The van der Waals surface area contributed by atoms with Crippen LogP contribution in [0, 0.1) is 0 Å². The summed E-state index contributed by atoms with van der Waals surface area (Å²) in [5, 5.41) is 3.46. The molecule has 1 aromatic heterocycles. The standard InChI is InChI=1S/C18H15ClN2O3S2/c1-26(23,24)21-15-8-6-14(7-9-15)20-18(22)17-11-10-16(25-17)12-2-4-13(19)5-3-12/h2-11,21H,1H3,(H,20,22). The van der Waals surface area contributed by atoms with E-state index in [0.29, 0.717) is 21.3 Å². The average Bonchev–Trinajstić information content (AvgIpc) is 3.06. The van der Waals surface area contributed by atoms with Crippen LogP contribution in [-0.4, -0.2) is 20.6 Å². The molecule has 8 heteroatoms. The van der Waals surface area contributed by atoms with Crippen LogP contribution in [0.5, 0.6) is 0 Å². The van der Waals surface area contributed by atoms with Crippen molar-refractivity contribution in [2.24, 2.45) is 0 Å². The van der Waals surface area contributed by atoms with Crippen molar-refractivity contribution >= 4 is 50.2 Å². The largest absolute Gasteiger partial charge is 0.321 e. The number of rotatable bonds is 5. The highest BCUT2D eigenvalue weighted by molar-refractivity contribution is 7.92. The van der Waals surface area contributed by atoms with Crippen molar-refractivity contribution in [3.63, 3.8) is 0 Å². The Bertz CT molecular complexity index is 1030. The van der Waals surface area contributed by atoms with E-state index in [1.54, 1.807) is 30.3 Å². The molecule has 3 rings (SSSR count). The maximum atomic E-state index is 12.4. The molecule has 0 fully saturated rings. The Morgan fingerprint density at radius 3 is 2.15 bits per heavy atom. The number of amides is 1. The zero-order chi connectivity index (χ0) is 18.7. The third-order valence-corrected chi connectivity index (χ3v) is 5.40. The highest BCUT2D eigenvalue weighted by Crippen LogP contribution is 2.29. The van der Waals surface area contributed by atoms with Crippen molar-refractivity contribution < 1.29 is 13.2 Å². The Balaban J connectivity index is 1.69. The van der Waals surface area contributed by atoms with E-state index in [2.05, 4.69) is 10.0 Å². The minimum atomic E-state index is -3.33. The smallest absolute Gasteiger partial charge is 0.265 e. The zero-order valence-electron chi connectivity index (χ0n) is 13.7. The fourth-order valence-electron chi connectivity index (χ4n) is 2.26. The van der Waals surface area contributed by atoms with Gasteiger partial charge in [0.05, 0.1) is 11.1 Å². The SMILES string of the molecule is CS(=O)(=O)Nc1ccc(NC(=O)c2ccc(-c3ccc(Cl)cc3)s2)cc1. The van der Waals surface area contributed by atoms with Crippen LogP contribution in [0.3, 0.4) is 0 Å². The second-order valence-electron chi connectivity index (χ2n) is 5.58. The van der Waals surface area contributed by atoms with E-state index in [1.165, 1.54) is 11.3 Å². The van der Waals surface area contributed by atoms with E-state index < -0.39 is 10.0 Å². The van der Waals surface area contributed by atoms with E-state index in [9.17, 15) is 13.2 Å². The van der Waals surface area contributed by atoms with Gasteiger partial charge in [-0.25, -0.2) is 8.42 Å². The zero-order valence-corrected chi connectivity index (χ0v) is 16.1. The molecule has 5 nitrogen and oxygen atoms in total. The van der Waals surface area contributed by atoms with Crippen molar-refractivity contribution in [2.75, 3.05) is 16.3 Å². The van der Waals surface area contributed by atoms with Gasteiger partial charge in [0.15, 0.2) is 0 Å². The molecule has 0 saturated heterocycles. The van der Waals surface area contributed by atoms with Crippen molar-refractivity contribution in [2.45, 2.75) is 0 Å². The van der Waals surface area contributed by atoms with E-state index in [1.807, 2.05) is 30.3 Å². The Kier molecular flexibility index (Phi) is 5.31. The fraction of sp³-hybridized carbons (Fsp3) is 0.0556. The first-order valence-corrected chi connectivity index (χ1v) is 10.6. The van der Waals surface area contributed by atoms with Crippen molar-refractivity contribution in [3.05, 3.63) is 70.6 Å². The summed E-state index contributed by atoms with van der Waals surface area (Å²) < 4.78 is 24.8. The maximum Gasteiger partial charge on any atom is 0.265 e. The molecular weight excluding hydrogens is 392 g/mol. The molecule has 0 aliphatic carbocycles. The van der Waals surface area contributed by atoms with Gasteiger partial charge in [-0.1, -0.05) is 23.7 Å². The van der Waals surface area contributed by atoms with E-state index in [-0.39, 0.29) is 5.91 Å². The minimum Gasteiger partial charge on any atom is -0.321 e. The van der Waals surface area contributed by atoms with Gasteiger partial charge in [0, 0.05) is 21.3 Å². The van der Waals surface area contributed by atoms with Crippen LogP contribution in [-0.2, 0) is 10.0 Å². The van der Waals surface area contributed by atoms with Crippen LogP contribution < -0.4 is 10.0 Å². The molecule has 3 aromatic rings. The summed E-state index contributed by atoms with van der Waals surface area (Å²) in [6, 6.07) is 17.5. The van der Waals surface area contributed by atoms with E-state index >= 15 is 0 Å². The molecule has 0 atom stereocenters.